The van der Waals surface area contributed by atoms with E-state index in [0.29, 0.717) is 0 Å². The Labute approximate surface area is 102 Å². The molecule has 1 N–H and O–H groups in total. The summed E-state index contributed by atoms with van der Waals surface area (Å²) in [5, 5.41) is 7.65. The number of aryl methyl sites for hydroxylation is 1. The van der Waals surface area contributed by atoms with Gasteiger partial charge in [0.25, 0.3) is 0 Å². The van der Waals surface area contributed by atoms with Crippen molar-refractivity contribution in [2.75, 3.05) is 7.05 Å². The highest BCUT2D eigenvalue weighted by Crippen LogP contribution is 2.17. The predicted molar refractivity (Wildman–Crippen MR) is 67.6 cm³/mol. The van der Waals surface area contributed by atoms with Crippen LogP contribution in [-0.2, 0) is 13.0 Å². The van der Waals surface area contributed by atoms with Crippen LogP contribution < -0.4 is 5.32 Å². The van der Waals surface area contributed by atoms with Gasteiger partial charge in [-0.3, -0.25) is 9.67 Å². The van der Waals surface area contributed by atoms with E-state index in [1.54, 1.807) is 6.20 Å². The van der Waals surface area contributed by atoms with Gasteiger partial charge in [-0.15, -0.1) is 0 Å². The van der Waals surface area contributed by atoms with Crippen molar-refractivity contribution in [2.45, 2.75) is 25.9 Å². The lowest BCUT2D eigenvalue weighted by atomic mass is 10.1. The predicted octanol–water partition coefficient (Wildman–Crippen LogP) is 1.80. The van der Waals surface area contributed by atoms with Crippen molar-refractivity contribution in [1.29, 1.82) is 0 Å². The maximum Gasteiger partial charge on any atom is 0.0556 e. The zero-order valence-corrected chi connectivity index (χ0v) is 10.3. The Morgan fingerprint density at radius 3 is 2.88 bits per heavy atom. The molecule has 2 heterocycles. The summed E-state index contributed by atoms with van der Waals surface area (Å²) in [6, 6.07) is 6.42. The van der Waals surface area contributed by atoms with Crippen molar-refractivity contribution in [3.8, 4) is 0 Å². The van der Waals surface area contributed by atoms with Gasteiger partial charge >= 0.3 is 0 Å². The minimum absolute atomic E-state index is 0.279. The molecule has 1 unspecified atom stereocenters. The highest BCUT2D eigenvalue weighted by atomic mass is 15.3. The second-order valence-corrected chi connectivity index (χ2v) is 3.98. The van der Waals surface area contributed by atoms with Crippen molar-refractivity contribution in [3.05, 3.63) is 48.0 Å². The van der Waals surface area contributed by atoms with Crippen molar-refractivity contribution >= 4 is 0 Å². The molecule has 0 amide bonds. The highest BCUT2D eigenvalue weighted by molar-refractivity contribution is 5.15. The maximum absolute atomic E-state index is 4.31. The number of nitrogens with one attached hydrogen (secondary N) is 1. The second kappa shape index (κ2) is 5.59. The Bertz CT molecular complexity index is 449. The average Bonchev–Trinajstić information content (AvgIpc) is 2.85. The van der Waals surface area contributed by atoms with Crippen molar-refractivity contribution in [1.82, 2.24) is 20.1 Å². The van der Waals surface area contributed by atoms with Crippen LogP contribution in [0.1, 0.15) is 24.2 Å². The Morgan fingerprint density at radius 2 is 2.24 bits per heavy atom. The SMILES string of the molecule is CCn1nccc1C(Cc1cccnc1)NC. The summed E-state index contributed by atoms with van der Waals surface area (Å²) >= 11 is 0. The van der Waals surface area contributed by atoms with E-state index < -0.39 is 0 Å². The van der Waals surface area contributed by atoms with Gasteiger partial charge in [0.15, 0.2) is 0 Å². The zero-order chi connectivity index (χ0) is 12.1. The van der Waals surface area contributed by atoms with Crippen LogP contribution in [0.5, 0.6) is 0 Å². The molecule has 4 nitrogen and oxygen atoms in total. The van der Waals surface area contributed by atoms with Gasteiger partial charge in [-0.2, -0.15) is 5.10 Å². The molecule has 0 aliphatic heterocycles. The van der Waals surface area contributed by atoms with Gasteiger partial charge < -0.3 is 5.32 Å². The monoisotopic (exact) mass is 230 g/mol. The summed E-state index contributed by atoms with van der Waals surface area (Å²) in [6.07, 6.45) is 6.49. The van der Waals surface area contributed by atoms with E-state index in [1.807, 2.05) is 30.2 Å². The summed E-state index contributed by atoms with van der Waals surface area (Å²) in [5.41, 5.74) is 2.45. The van der Waals surface area contributed by atoms with Crippen molar-refractivity contribution < 1.29 is 0 Å². The third-order valence-electron chi connectivity index (χ3n) is 2.92. The van der Waals surface area contributed by atoms with E-state index in [-0.39, 0.29) is 6.04 Å². The van der Waals surface area contributed by atoms with Crippen molar-refractivity contribution in [2.24, 2.45) is 0 Å². The molecule has 0 saturated heterocycles. The van der Waals surface area contributed by atoms with Gasteiger partial charge in [-0.1, -0.05) is 6.07 Å². The van der Waals surface area contributed by atoms with Gasteiger partial charge in [0.2, 0.25) is 0 Å². The zero-order valence-electron chi connectivity index (χ0n) is 10.3. The van der Waals surface area contributed by atoms with E-state index in [9.17, 15) is 0 Å². The van der Waals surface area contributed by atoms with Gasteiger partial charge in [0.1, 0.15) is 0 Å². The number of aromatic nitrogens is 3. The first kappa shape index (κ1) is 11.8. The molecule has 2 rings (SSSR count). The van der Waals surface area contributed by atoms with Crippen LogP contribution in [-0.4, -0.2) is 21.8 Å². The second-order valence-electron chi connectivity index (χ2n) is 3.98. The van der Waals surface area contributed by atoms with Gasteiger partial charge in [0.05, 0.1) is 11.7 Å². The average molecular weight is 230 g/mol. The van der Waals surface area contributed by atoms with Crippen LogP contribution in [0.4, 0.5) is 0 Å². The summed E-state index contributed by atoms with van der Waals surface area (Å²) in [4.78, 5) is 4.15. The molecular weight excluding hydrogens is 212 g/mol. The lowest BCUT2D eigenvalue weighted by Gasteiger charge is -2.17. The number of likely N-dealkylation sites (N-methyl/N-ethyl adjacent to an activating group) is 1. The molecule has 0 aliphatic carbocycles. The normalized spacial score (nSPS) is 12.6. The van der Waals surface area contributed by atoms with E-state index in [2.05, 4.69) is 34.5 Å². The molecule has 0 radical (unpaired) electrons. The fourth-order valence-electron chi connectivity index (χ4n) is 2.01. The molecule has 0 bridgehead atoms. The summed E-state index contributed by atoms with van der Waals surface area (Å²) in [6.45, 7) is 3.00. The topological polar surface area (TPSA) is 42.7 Å². The third kappa shape index (κ3) is 2.71. The molecule has 2 aromatic heterocycles. The standard InChI is InChI=1S/C13H18N4/c1-3-17-13(6-8-16-17)12(14-2)9-11-5-4-7-15-10-11/h4-8,10,12,14H,3,9H2,1-2H3. The summed E-state index contributed by atoms with van der Waals surface area (Å²) in [7, 11) is 1.98. The van der Waals surface area contributed by atoms with Gasteiger partial charge in [-0.05, 0) is 38.1 Å². The molecule has 0 aromatic carbocycles. The number of rotatable bonds is 5. The van der Waals surface area contributed by atoms with Crippen LogP contribution >= 0.6 is 0 Å². The lowest BCUT2D eigenvalue weighted by Crippen LogP contribution is -2.22. The smallest absolute Gasteiger partial charge is 0.0556 e. The first-order valence-electron chi connectivity index (χ1n) is 5.93. The molecule has 0 fully saturated rings. The van der Waals surface area contributed by atoms with E-state index in [0.717, 1.165) is 13.0 Å². The fourth-order valence-corrected chi connectivity index (χ4v) is 2.01. The molecule has 0 saturated carbocycles. The first-order chi connectivity index (χ1) is 8.35. The quantitative estimate of drug-likeness (QED) is 0.851. The Kier molecular flexibility index (Phi) is 3.88. The Balaban J connectivity index is 2.17. The molecule has 4 heteroatoms. The number of hydrogen-bond acceptors (Lipinski definition) is 3. The maximum atomic E-state index is 4.31. The van der Waals surface area contributed by atoms with Crippen LogP contribution in [0.15, 0.2) is 36.8 Å². The number of nitrogens with zero attached hydrogens (tertiary/aromatic N) is 3. The van der Waals surface area contributed by atoms with Gasteiger partial charge in [0, 0.05) is 25.1 Å². The third-order valence-corrected chi connectivity index (χ3v) is 2.92. The first-order valence-corrected chi connectivity index (χ1v) is 5.93. The van der Waals surface area contributed by atoms with Gasteiger partial charge in [-0.25, -0.2) is 0 Å². The van der Waals surface area contributed by atoms with Crippen LogP contribution in [0.3, 0.4) is 0 Å². The number of pyridine rings is 1. The molecule has 0 spiro atoms. The van der Waals surface area contributed by atoms with Crippen LogP contribution in [0.25, 0.3) is 0 Å². The Hall–Kier alpha value is -1.68. The highest BCUT2D eigenvalue weighted by Gasteiger charge is 2.14. The fraction of sp³-hybridized carbons (Fsp3) is 0.385. The molecule has 90 valence electrons. The minimum Gasteiger partial charge on any atom is -0.311 e. The summed E-state index contributed by atoms with van der Waals surface area (Å²) in [5.74, 6) is 0. The largest absolute Gasteiger partial charge is 0.311 e. The van der Waals surface area contributed by atoms with Crippen molar-refractivity contribution in [3.63, 3.8) is 0 Å². The molecule has 2 aromatic rings. The summed E-state index contributed by atoms with van der Waals surface area (Å²) < 4.78 is 2.03. The minimum atomic E-state index is 0.279. The Morgan fingerprint density at radius 1 is 1.35 bits per heavy atom. The van der Waals surface area contributed by atoms with E-state index in [4.69, 9.17) is 0 Å². The van der Waals surface area contributed by atoms with Crippen LogP contribution in [0.2, 0.25) is 0 Å². The molecule has 1 atom stereocenters. The number of hydrogen-bond donors (Lipinski definition) is 1. The van der Waals surface area contributed by atoms with Crippen LogP contribution in [0, 0.1) is 0 Å². The van der Waals surface area contributed by atoms with E-state index in [1.165, 1.54) is 11.3 Å². The molecule has 17 heavy (non-hydrogen) atoms. The molecular formula is C13H18N4. The lowest BCUT2D eigenvalue weighted by molar-refractivity contribution is 0.513. The molecule has 0 aliphatic rings. The van der Waals surface area contributed by atoms with E-state index >= 15 is 0 Å².